The van der Waals surface area contributed by atoms with Crippen LogP contribution >= 0.6 is 0 Å². The molecule has 170 valence electrons. The van der Waals surface area contributed by atoms with E-state index in [0.29, 0.717) is 23.5 Å². The van der Waals surface area contributed by atoms with Crippen molar-refractivity contribution in [2.75, 3.05) is 6.61 Å². The summed E-state index contributed by atoms with van der Waals surface area (Å²) in [5, 5.41) is 5.64. The van der Waals surface area contributed by atoms with Crippen molar-refractivity contribution in [1.29, 1.82) is 0 Å². The molecule has 1 saturated carbocycles. The van der Waals surface area contributed by atoms with Gasteiger partial charge in [-0.2, -0.15) is 0 Å². The standard InChI is InChI=1S/C25H30N2O5/c1-4-31-20-14-10-18(11-15-20)23(28)27-21(16(2)3)25(30)32-22(17-8-6-5-7-9-17)24(29)26-19-12-13-19/h5-11,14-16,19,21-22H,4,12-13H2,1-3H3,(H,26,29)(H,27,28). The highest BCUT2D eigenvalue weighted by Crippen LogP contribution is 2.24. The zero-order valence-electron chi connectivity index (χ0n) is 18.7. The van der Waals surface area contributed by atoms with Crippen molar-refractivity contribution >= 4 is 17.8 Å². The van der Waals surface area contributed by atoms with Crippen LogP contribution in [0, 0.1) is 5.92 Å². The second-order valence-corrected chi connectivity index (χ2v) is 8.16. The summed E-state index contributed by atoms with van der Waals surface area (Å²) in [5.41, 5.74) is 0.984. The Labute approximate surface area is 188 Å². The maximum absolute atomic E-state index is 13.0. The Balaban J connectivity index is 1.71. The highest BCUT2D eigenvalue weighted by Gasteiger charge is 2.34. The van der Waals surface area contributed by atoms with Gasteiger partial charge in [0.15, 0.2) is 0 Å². The van der Waals surface area contributed by atoms with Gasteiger partial charge in [0.1, 0.15) is 11.8 Å². The van der Waals surface area contributed by atoms with E-state index in [9.17, 15) is 14.4 Å². The first kappa shape index (κ1) is 23.3. The number of nitrogens with one attached hydrogen (secondary N) is 2. The first-order valence-electron chi connectivity index (χ1n) is 11.0. The summed E-state index contributed by atoms with van der Waals surface area (Å²) in [6.07, 6.45) is 0.773. The third-order valence-electron chi connectivity index (χ3n) is 5.13. The summed E-state index contributed by atoms with van der Waals surface area (Å²) in [5.74, 6) is -0.984. The zero-order chi connectivity index (χ0) is 23.1. The molecule has 2 atom stereocenters. The molecule has 1 aliphatic carbocycles. The highest BCUT2D eigenvalue weighted by atomic mass is 16.5. The molecule has 2 N–H and O–H groups in total. The largest absolute Gasteiger partial charge is 0.494 e. The minimum Gasteiger partial charge on any atom is -0.494 e. The molecule has 0 saturated heterocycles. The number of hydrogen-bond acceptors (Lipinski definition) is 5. The van der Waals surface area contributed by atoms with Gasteiger partial charge in [0, 0.05) is 17.2 Å². The number of esters is 1. The molecule has 2 unspecified atom stereocenters. The van der Waals surface area contributed by atoms with Gasteiger partial charge in [-0.15, -0.1) is 0 Å². The van der Waals surface area contributed by atoms with Gasteiger partial charge in [0.05, 0.1) is 6.61 Å². The number of carbonyl (C=O) groups is 3. The Hall–Kier alpha value is -3.35. The molecule has 1 fully saturated rings. The molecule has 2 aromatic rings. The van der Waals surface area contributed by atoms with Crippen LogP contribution in [0.1, 0.15) is 55.6 Å². The van der Waals surface area contributed by atoms with Crippen molar-refractivity contribution < 1.29 is 23.9 Å². The fourth-order valence-electron chi connectivity index (χ4n) is 3.19. The van der Waals surface area contributed by atoms with Crippen LogP contribution in [0.5, 0.6) is 5.75 Å². The van der Waals surface area contributed by atoms with E-state index in [1.165, 1.54) is 0 Å². The number of benzene rings is 2. The first-order valence-corrected chi connectivity index (χ1v) is 11.0. The number of amides is 2. The molecule has 0 aromatic heterocycles. The minimum atomic E-state index is -1.08. The van der Waals surface area contributed by atoms with Gasteiger partial charge in [0.25, 0.3) is 11.8 Å². The van der Waals surface area contributed by atoms with Crippen LogP contribution in [0.25, 0.3) is 0 Å². The van der Waals surface area contributed by atoms with Gasteiger partial charge in [-0.05, 0) is 49.9 Å². The molecule has 3 rings (SSSR count). The molecular formula is C25H30N2O5. The van der Waals surface area contributed by atoms with Crippen LogP contribution in [-0.4, -0.2) is 36.5 Å². The summed E-state index contributed by atoms with van der Waals surface area (Å²) in [7, 11) is 0. The van der Waals surface area contributed by atoms with Crippen molar-refractivity contribution in [2.24, 2.45) is 5.92 Å². The average Bonchev–Trinajstić information content (AvgIpc) is 3.60. The molecule has 0 spiro atoms. The highest BCUT2D eigenvalue weighted by molar-refractivity contribution is 5.97. The lowest BCUT2D eigenvalue weighted by atomic mass is 10.0. The normalized spacial score (nSPS) is 14.9. The maximum Gasteiger partial charge on any atom is 0.330 e. The van der Waals surface area contributed by atoms with Crippen LogP contribution in [0.4, 0.5) is 0 Å². The molecule has 2 aromatic carbocycles. The lowest BCUT2D eigenvalue weighted by Crippen LogP contribution is -2.46. The van der Waals surface area contributed by atoms with E-state index in [-0.39, 0.29) is 17.9 Å². The fourth-order valence-corrected chi connectivity index (χ4v) is 3.19. The summed E-state index contributed by atoms with van der Waals surface area (Å²) in [4.78, 5) is 38.5. The van der Waals surface area contributed by atoms with Crippen LogP contribution in [-0.2, 0) is 14.3 Å². The average molecular weight is 439 g/mol. The van der Waals surface area contributed by atoms with E-state index >= 15 is 0 Å². The van der Waals surface area contributed by atoms with Gasteiger partial charge in [-0.1, -0.05) is 44.2 Å². The lowest BCUT2D eigenvalue weighted by molar-refractivity contribution is -0.159. The van der Waals surface area contributed by atoms with Crippen molar-refractivity contribution in [1.82, 2.24) is 10.6 Å². The van der Waals surface area contributed by atoms with E-state index < -0.39 is 24.0 Å². The molecule has 0 radical (unpaired) electrons. The Morgan fingerprint density at radius 3 is 2.22 bits per heavy atom. The molecule has 1 aliphatic rings. The van der Waals surface area contributed by atoms with Gasteiger partial charge in [-0.3, -0.25) is 9.59 Å². The first-order chi connectivity index (χ1) is 15.4. The second-order valence-electron chi connectivity index (χ2n) is 8.16. The van der Waals surface area contributed by atoms with Crippen LogP contribution in [0.15, 0.2) is 54.6 Å². The summed E-state index contributed by atoms with van der Waals surface area (Å²) >= 11 is 0. The molecular weight excluding hydrogens is 408 g/mol. The summed E-state index contributed by atoms with van der Waals surface area (Å²) in [6.45, 7) is 6.04. The Kier molecular flexibility index (Phi) is 7.87. The van der Waals surface area contributed by atoms with Gasteiger partial charge >= 0.3 is 5.97 Å². The zero-order valence-corrected chi connectivity index (χ0v) is 18.7. The maximum atomic E-state index is 13.0. The summed E-state index contributed by atoms with van der Waals surface area (Å²) in [6, 6.07) is 14.8. The molecule has 0 heterocycles. The smallest absolute Gasteiger partial charge is 0.330 e. The molecule has 32 heavy (non-hydrogen) atoms. The lowest BCUT2D eigenvalue weighted by Gasteiger charge is -2.24. The monoisotopic (exact) mass is 438 g/mol. The van der Waals surface area contributed by atoms with Crippen LogP contribution in [0.2, 0.25) is 0 Å². The molecule has 7 heteroatoms. The second kappa shape index (κ2) is 10.8. The SMILES string of the molecule is CCOc1ccc(C(=O)NC(C(=O)OC(C(=O)NC2CC2)c2ccccc2)C(C)C)cc1. The van der Waals surface area contributed by atoms with E-state index in [2.05, 4.69) is 10.6 Å². The Morgan fingerprint density at radius 2 is 1.66 bits per heavy atom. The number of ether oxygens (including phenoxy) is 2. The minimum absolute atomic E-state index is 0.132. The van der Waals surface area contributed by atoms with Crippen LogP contribution in [0.3, 0.4) is 0 Å². The van der Waals surface area contributed by atoms with Gasteiger partial charge in [-0.25, -0.2) is 4.79 Å². The van der Waals surface area contributed by atoms with Crippen molar-refractivity contribution in [3.63, 3.8) is 0 Å². The van der Waals surface area contributed by atoms with Crippen molar-refractivity contribution in [2.45, 2.75) is 51.8 Å². The van der Waals surface area contributed by atoms with Crippen LogP contribution < -0.4 is 15.4 Å². The van der Waals surface area contributed by atoms with Crippen molar-refractivity contribution in [3.05, 3.63) is 65.7 Å². The topological polar surface area (TPSA) is 93.7 Å². The fraction of sp³-hybridized carbons (Fsp3) is 0.400. The molecule has 0 aliphatic heterocycles. The van der Waals surface area contributed by atoms with E-state index in [4.69, 9.17) is 9.47 Å². The third-order valence-corrected chi connectivity index (χ3v) is 5.13. The number of rotatable bonds is 10. The van der Waals surface area contributed by atoms with E-state index in [1.807, 2.05) is 26.8 Å². The molecule has 7 nitrogen and oxygen atoms in total. The summed E-state index contributed by atoms with van der Waals surface area (Å²) < 4.78 is 11.0. The third kappa shape index (κ3) is 6.33. The quantitative estimate of drug-likeness (QED) is 0.555. The molecule has 0 bridgehead atoms. The van der Waals surface area contributed by atoms with Gasteiger partial charge < -0.3 is 20.1 Å². The van der Waals surface area contributed by atoms with Gasteiger partial charge in [0.2, 0.25) is 6.10 Å². The predicted octanol–water partition coefficient (Wildman–Crippen LogP) is 3.40. The number of hydrogen-bond donors (Lipinski definition) is 2. The van der Waals surface area contributed by atoms with E-state index in [1.54, 1.807) is 48.5 Å². The Bertz CT molecular complexity index is 923. The molecule has 2 amide bonds. The predicted molar refractivity (Wildman–Crippen MR) is 120 cm³/mol. The Morgan fingerprint density at radius 1 is 1.00 bits per heavy atom. The van der Waals surface area contributed by atoms with E-state index in [0.717, 1.165) is 12.8 Å². The van der Waals surface area contributed by atoms with Crippen molar-refractivity contribution in [3.8, 4) is 5.75 Å². The number of carbonyl (C=O) groups excluding carboxylic acids is 3.